The first-order chi connectivity index (χ1) is 12.5. The summed E-state index contributed by atoms with van der Waals surface area (Å²) in [5, 5.41) is 7.59. The van der Waals surface area contributed by atoms with Gasteiger partial charge in [0.25, 0.3) is 5.91 Å². The second-order valence-corrected chi connectivity index (χ2v) is 7.04. The molecule has 0 aliphatic carbocycles. The minimum Gasteiger partial charge on any atom is -0.493 e. The minimum absolute atomic E-state index is 0.0690. The third-order valence-corrected chi connectivity index (χ3v) is 4.84. The number of carbonyl (C=O) groups is 2. The third kappa shape index (κ3) is 4.98. The van der Waals surface area contributed by atoms with Crippen molar-refractivity contribution in [2.45, 2.75) is 19.9 Å². The van der Waals surface area contributed by atoms with Crippen molar-refractivity contribution < 1.29 is 19.1 Å². The van der Waals surface area contributed by atoms with Crippen LogP contribution in [-0.2, 0) is 4.79 Å². The van der Waals surface area contributed by atoms with Gasteiger partial charge in [-0.15, -0.1) is 11.3 Å². The Hall–Kier alpha value is -2.54. The molecule has 1 aromatic heterocycles. The summed E-state index contributed by atoms with van der Waals surface area (Å²) in [6, 6.07) is 8.74. The first kappa shape index (κ1) is 19.8. The smallest absolute Gasteiger partial charge is 0.251 e. The van der Waals surface area contributed by atoms with Crippen LogP contribution in [0.25, 0.3) is 0 Å². The second kappa shape index (κ2) is 9.24. The Morgan fingerprint density at radius 3 is 2.42 bits per heavy atom. The van der Waals surface area contributed by atoms with Crippen LogP contribution >= 0.6 is 11.3 Å². The molecule has 0 saturated heterocycles. The summed E-state index contributed by atoms with van der Waals surface area (Å²) >= 11 is 1.60. The summed E-state index contributed by atoms with van der Waals surface area (Å²) in [6.07, 6.45) is 0. The van der Waals surface area contributed by atoms with Crippen LogP contribution in [0.5, 0.6) is 11.5 Å². The Bertz CT molecular complexity index is 744. The molecule has 1 heterocycles. The van der Waals surface area contributed by atoms with Crippen LogP contribution in [0.3, 0.4) is 0 Å². The van der Waals surface area contributed by atoms with E-state index in [1.54, 1.807) is 29.5 Å². The average Bonchev–Trinajstić information content (AvgIpc) is 3.17. The van der Waals surface area contributed by atoms with Crippen LogP contribution < -0.4 is 20.1 Å². The molecule has 2 N–H and O–H groups in total. The highest BCUT2D eigenvalue weighted by Crippen LogP contribution is 2.27. The molecule has 7 heteroatoms. The van der Waals surface area contributed by atoms with Crippen molar-refractivity contribution in [2.24, 2.45) is 5.92 Å². The van der Waals surface area contributed by atoms with E-state index in [2.05, 4.69) is 10.6 Å². The van der Waals surface area contributed by atoms with Gasteiger partial charge in [0.2, 0.25) is 5.91 Å². The lowest BCUT2D eigenvalue weighted by atomic mass is 10.0. The molecular formula is C19H24N2O4S. The lowest BCUT2D eigenvalue weighted by molar-refractivity contribution is -0.121. The van der Waals surface area contributed by atoms with Gasteiger partial charge < -0.3 is 20.1 Å². The van der Waals surface area contributed by atoms with E-state index in [1.807, 2.05) is 31.4 Å². The van der Waals surface area contributed by atoms with Crippen LogP contribution in [0.2, 0.25) is 0 Å². The van der Waals surface area contributed by atoms with Crippen molar-refractivity contribution in [1.29, 1.82) is 0 Å². The number of thiophene rings is 1. The number of ether oxygens (including phenoxy) is 2. The highest BCUT2D eigenvalue weighted by molar-refractivity contribution is 7.10. The van der Waals surface area contributed by atoms with Gasteiger partial charge in [-0.25, -0.2) is 0 Å². The van der Waals surface area contributed by atoms with Crippen LogP contribution in [0, 0.1) is 5.92 Å². The Morgan fingerprint density at radius 2 is 1.85 bits per heavy atom. The van der Waals surface area contributed by atoms with E-state index < -0.39 is 0 Å². The van der Waals surface area contributed by atoms with Crippen LogP contribution in [0.15, 0.2) is 35.7 Å². The monoisotopic (exact) mass is 376 g/mol. The molecule has 26 heavy (non-hydrogen) atoms. The molecule has 2 aromatic rings. The lowest BCUT2D eigenvalue weighted by Crippen LogP contribution is -2.39. The highest BCUT2D eigenvalue weighted by atomic mass is 32.1. The van der Waals surface area contributed by atoms with Gasteiger partial charge in [0.1, 0.15) is 0 Å². The fourth-order valence-electron chi connectivity index (χ4n) is 2.50. The van der Waals surface area contributed by atoms with Crippen molar-refractivity contribution in [3.05, 3.63) is 46.2 Å². The maximum atomic E-state index is 12.3. The quantitative estimate of drug-likeness (QED) is 0.742. The standard InChI is InChI=1S/C19H24N2O4S/c1-12(2)18(16-6-5-9-26-16)21-17(22)11-20-19(23)13-7-8-14(24-3)15(10-13)25-4/h5-10,12,18H,11H2,1-4H3,(H,20,23)(H,21,22). The molecule has 0 radical (unpaired) electrons. The Morgan fingerprint density at radius 1 is 1.12 bits per heavy atom. The first-order valence-corrected chi connectivity index (χ1v) is 9.17. The molecule has 0 aliphatic heterocycles. The van der Waals surface area contributed by atoms with E-state index in [-0.39, 0.29) is 30.3 Å². The minimum atomic E-state index is -0.349. The third-order valence-electron chi connectivity index (χ3n) is 3.89. The zero-order valence-corrected chi connectivity index (χ0v) is 16.2. The van der Waals surface area contributed by atoms with E-state index in [4.69, 9.17) is 9.47 Å². The lowest BCUT2D eigenvalue weighted by Gasteiger charge is -2.21. The molecule has 0 bridgehead atoms. The molecule has 140 valence electrons. The van der Waals surface area contributed by atoms with Crippen molar-refractivity contribution in [3.63, 3.8) is 0 Å². The number of nitrogens with one attached hydrogen (secondary N) is 2. The first-order valence-electron chi connectivity index (χ1n) is 8.29. The van der Waals surface area contributed by atoms with E-state index in [0.717, 1.165) is 4.88 Å². The number of hydrogen-bond acceptors (Lipinski definition) is 5. The highest BCUT2D eigenvalue weighted by Gasteiger charge is 2.19. The summed E-state index contributed by atoms with van der Waals surface area (Å²) in [7, 11) is 3.03. The zero-order chi connectivity index (χ0) is 19.1. The molecule has 0 fully saturated rings. The topological polar surface area (TPSA) is 76.7 Å². The number of hydrogen-bond donors (Lipinski definition) is 2. The predicted molar refractivity (Wildman–Crippen MR) is 102 cm³/mol. The molecule has 1 unspecified atom stereocenters. The molecule has 0 aliphatic rings. The van der Waals surface area contributed by atoms with Crippen molar-refractivity contribution in [2.75, 3.05) is 20.8 Å². The van der Waals surface area contributed by atoms with Gasteiger partial charge in [0, 0.05) is 10.4 Å². The van der Waals surface area contributed by atoms with E-state index in [1.165, 1.54) is 14.2 Å². The Labute approximate surface area is 157 Å². The molecule has 1 aromatic carbocycles. The largest absolute Gasteiger partial charge is 0.493 e. The van der Waals surface area contributed by atoms with Gasteiger partial charge >= 0.3 is 0 Å². The van der Waals surface area contributed by atoms with Gasteiger partial charge in [0.05, 0.1) is 26.8 Å². The summed E-state index contributed by atoms with van der Waals surface area (Å²) in [5.74, 6) is 0.670. The van der Waals surface area contributed by atoms with E-state index in [0.29, 0.717) is 17.1 Å². The van der Waals surface area contributed by atoms with E-state index in [9.17, 15) is 9.59 Å². The zero-order valence-electron chi connectivity index (χ0n) is 15.4. The summed E-state index contributed by atoms with van der Waals surface area (Å²) in [4.78, 5) is 25.6. The van der Waals surface area contributed by atoms with Crippen molar-refractivity contribution in [3.8, 4) is 11.5 Å². The van der Waals surface area contributed by atoms with E-state index >= 15 is 0 Å². The molecule has 6 nitrogen and oxygen atoms in total. The van der Waals surface area contributed by atoms with Gasteiger partial charge in [-0.1, -0.05) is 19.9 Å². The maximum absolute atomic E-state index is 12.3. The molecular weight excluding hydrogens is 352 g/mol. The number of methoxy groups -OCH3 is 2. The number of carbonyl (C=O) groups excluding carboxylic acids is 2. The normalized spacial score (nSPS) is 11.7. The second-order valence-electron chi connectivity index (χ2n) is 6.06. The fourth-order valence-corrected chi connectivity index (χ4v) is 3.45. The predicted octanol–water partition coefficient (Wildman–Crippen LogP) is 3.01. The van der Waals surface area contributed by atoms with Gasteiger partial charge in [0.15, 0.2) is 11.5 Å². The van der Waals surface area contributed by atoms with Crippen molar-refractivity contribution in [1.82, 2.24) is 10.6 Å². The molecule has 1 atom stereocenters. The Balaban J connectivity index is 1.95. The van der Waals surface area contributed by atoms with Crippen LogP contribution in [0.4, 0.5) is 0 Å². The summed E-state index contributed by atoms with van der Waals surface area (Å²) < 4.78 is 10.3. The van der Waals surface area contributed by atoms with Gasteiger partial charge in [-0.2, -0.15) is 0 Å². The summed E-state index contributed by atoms with van der Waals surface area (Å²) in [5.41, 5.74) is 0.397. The maximum Gasteiger partial charge on any atom is 0.251 e. The molecule has 0 spiro atoms. The number of amides is 2. The molecule has 0 saturated carbocycles. The SMILES string of the molecule is COc1ccc(C(=O)NCC(=O)NC(c2cccs2)C(C)C)cc1OC. The Kier molecular flexibility index (Phi) is 7.03. The van der Waals surface area contributed by atoms with Gasteiger partial charge in [-0.05, 0) is 35.6 Å². The molecule has 2 rings (SSSR count). The fraction of sp³-hybridized carbons (Fsp3) is 0.368. The number of rotatable bonds is 8. The summed E-state index contributed by atoms with van der Waals surface area (Å²) in [6.45, 7) is 4.00. The number of benzene rings is 1. The average molecular weight is 376 g/mol. The van der Waals surface area contributed by atoms with Crippen LogP contribution in [0.1, 0.15) is 35.1 Å². The van der Waals surface area contributed by atoms with Gasteiger partial charge in [-0.3, -0.25) is 9.59 Å². The van der Waals surface area contributed by atoms with Crippen molar-refractivity contribution >= 4 is 23.2 Å². The van der Waals surface area contributed by atoms with Crippen LogP contribution in [-0.4, -0.2) is 32.6 Å². The molecule has 2 amide bonds.